The third kappa shape index (κ3) is 7.76. The van der Waals surface area contributed by atoms with Gasteiger partial charge in [-0.25, -0.2) is 5.43 Å². The van der Waals surface area contributed by atoms with Gasteiger partial charge in [-0.05, 0) is 55.3 Å². The number of rotatable bonds is 12. The number of hydrazone groups is 2. The highest BCUT2D eigenvalue weighted by Gasteiger charge is 2.06. The molecule has 0 unspecified atom stereocenters. The van der Waals surface area contributed by atoms with E-state index >= 15 is 0 Å². The maximum atomic E-state index is 12.5. The minimum absolute atomic E-state index is 0.000164. The Morgan fingerprint density at radius 1 is 0.833 bits per heavy atom. The zero-order valence-corrected chi connectivity index (χ0v) is 20.3. The van der Waals surface area contributed by atoms with Gasteiger partial charge in [0.25, 0.3) is 5.91 Å². The summed E-state index contributed by atoms with van der Waals surface area (Å²) in [5.41, 5.74) is 7.17. The molecule has 9 heteroatoms. The molecule has 0 aliphatic heterocycles. The molecule has 0 aliphatic rings. The molecule has 9 nitrogen and oxygen atoms in total. The van der Waals surface area contributed by atoms with Crippen LogP contribution >= 0.6 is 0 Å². The minimum Gasteiger partial charge on any atom is -0.507 e. The van der Waals surface area contributed by atoms with E-state index in [-0.39, 0.29) is 11.5 Å². The van der Waals surface area contributed by atoms with Gasteiger partial charge in [-0.1, -0.05) is 19.9 Å². The van der Waals surface area contributed by atoms with Crippen LogP contribution in [-0.2, 0) is 0 Å². The number of carbonyl (C=O) groups excluding carboxylic acids is 1. The predicted octanol–water partition coefficient (Wildman–Crippen LogP) is 4.89. The van der Waals surface area contributed by atoms with Gasteiger partial charge in [-0.2, -0.15) is 10.2 Å². The number of amides is 1. The van der Waals surface area contributed by atoms with Crippen molar-refractivity contribution in [3.8, 4) is 23.0 Å². The number of hydrogen-bond acceptors (Lipinski definition) is 8. The Bertz CT molecular complexity index is 1230. The molecule has 0 aromatic heterocycles. The number of aromatic hydroxyl groups is 2. The smallest absolute Gasteiger partial charge is 0.271 e. The largest absolute Gasteiger partial charge is 0.507 e. The molecule has 0 heterocycles. The average molecular weight is 491 g/mol. The van der Waals surface area contributed by atoms with Crippen molar-refractivity contribution in [3.63, 3.8) is 0 Å². The quantitative estimate of drug-likeness (QED) is 0.212. The maximum Gasteiger partial charge on any atom is 0.271 e. The summed E-state index contributed by atoms with van der Waals surface area (Å²) >= 11 is 0. The molecule has 0 radical (unpaired) electrons. The number of benzene rings is 3. The van der Waals surface area contributed by atoms with Crippen LogP contribution in [-0.4, -0.2) is 41.8 Å². The number of anilines is 1. The summed E-state index contributed by atoms with van der Waals surface area (Å²) in [7, 11) is 0. The fourth-order valence-electron chi connectivity index (χ4n) is 3.02. The molecule has 3 rings (SSSR count). The van der Waals surface area contributed by atoms with Gasteiger partial charge in [0.05, 0.1) is 31.3 Å². The maximum absolute atomic E-state index is 12.5. The van der Waals surface area contributed by atoms with Gasteiger partial charge in [-0.15, -0.1) is 0 Å². The van der Waals surface area contributed by atoms with E-state index in [1.165, 1.54) is 24.6 Å². The third-order valence-corrected chi connectivity index (χ3v) is 4.84. The van der Waals surface area contributed by atoms with E-state index in [4.69, 9.17) is 9.47 Å². The number of ether oxygens (including phenoxy) is 2. The second kappa shape index (κ2) is 13.4. The molecule has 3 aromatic rings. The molecular formula is C27H30N4O5. The summed E-state index contributed by atoms with van der Waals surface area (Å²) in [4.78, 5) is 12.5. The van der Waals surface area contributed by atoms with Crippen LogP contribution in [0.25, 0.3) is 0 Å². The first-order valence-electron chi connectivity index (χ1n) is 11.6. The Hall–Kier alpha value is -4.53. The number of phenols is 2. The van der Waals surface area contributed by atoms with Crippen molar-refractivity contribution in [2.75, 3.05) is 18.6 Å². The monoisotopic (exact) mass is 490 g/mol. The zero-order valence-electron chi connectivity index (χ0n) is 20.3. The standard InChI is InChI=1S/C27H30N4O5/c1-3-12-35-23-10-8-20(25(32)15-23)17-28-30-22-7-5-6-19(14-22)27(34)31-29-18-21-9-11-24(16-26(21)33)36-13-4-2/h5-11,14-18,30,32-33H,3-4,12-13H2,1-2H3,(H,31,34)/b28-17+,29-18+. The molecule has 0 atom stereocenters. The van der Waals surface area contributed by atoms with Crippen LogP contribution in [0.1, 0.15) is 48.2 Å². The lowest BCUT2D eigenvalue weighted by atomic mass is 10.2. The van der Waals surface area contributed by atoms with Gasteiger partial charge in [0, 0.05) is 28.8 Å². The number of carbonyl (C=O) groups is 1. The number of nitrogens with one attached hydrogen (secondary N) is 2. The highest BCUT2D eigenvalue weighted by molar-refractivity contribution is 5.96. The number of hydrogen-bond donors (Lipinski definition) is 4. The fraction of sp³-hybridized carbons (Fsp3) is 0.222. The molecule has 0 saturated heterocycles. The molecule has 0 aliphatic carbocycles. The Kier molecular flexibility index (Phi) is 9.69. The highest BCUT2D eigenvalue weighted by Crippen LogP contribution is 2.23. The van der Waals surface area contributed by atoms with Gasteiger partial charge < -0.3 is 19.7 Å². The summed E-state index contributed by atoms with van der Waals surface area (Å²) < 4.78 is 11.0. The number of phenolic OH excluding ortho intramolecular Hbond substituents is 2. The minimum atomic E-state index is -0.429. The fourth-order valence-corrected chi connectivity index (χ4v) is 3.02. The molecule has 0 saturated carbocycles. The Morgan fingerprint density at radius 3 is 1.97 bits per heavy atom. The van der Waals surface area contributed by atoms with Crippen molar-refractivity contribution < 1.29 is 24.5 Å². The van der Waals surface area contributed by atoms with Gasteiger partial charge in [0.1, 0.15) is 23.0 Å². The average Bonchev–Trinajstić information content (AvgIpc) is 2.88. The molecule has 36 heavy (non-hydrogen) atoms. The number of nitrogens with zero attached hydrogens (tertiary/aromatic N) is 2. The summed E-state index contributed by atoms with van der Waals surface area (Å²) in [5.74, 6) is 0.778. The summed E-state index contributed by atoms with van der Waals surface area (Å²) in [6, 6.07) is 16.6. The van der Waals surface area contributed by atoms with Crippen LogP contribution in [0.2, 0.25) is 0 Å². The van der Waals surface area contributed by atoms with Gasteiger partial charge >= 0.3 is 0 Å². The van der Waals surface area contributed by atoms with Crippen molar-refractivity contribution in [2.24, 2.45) is 10.2 Å². The van der Waals surface area contributed by atoms with Gasteiger partial charge in [-0.3, -0.25) is 10.2 Å². The molecule has 188 valence electrons. The first kappa shape index (κ1) is 26.1. The van der Waals surface area contributed by atoms with Crippen LogP contribution in [0, 0.1) is 0 Å². The van der Waals surface area contributed by atoms with Crippen LogP contribution in [0.4, 0.5) is 5.69 Å². The topological polar surface area (TPSA) is 125 Å². The molecule has 1 amide bonds. The van der Waals surface area contributed by atoms with Crippen molar-refractivity contribution >= 4 is 24.0 Å². The van der Waals surface area contributed by atoms with E-state index in [1.807, 2.05) is 13.8 Å². The van der Waals surface area contributed by atoms with Crippen LogP contribution in [0.5, 0.6) is 23.0 Å². The molecule has 3 aromatic carbocycles. The van der Waals surface area contributed by atoms with Crippen molar-refractivity contribution in [1.29, 1.82) is 0 Å². The lowest BCUT2D eigenvalue weighted by molar-refractivity contribution is 0.0955. The van der Waals surface area contributed by atoms with E-state index in [0.717, 1.165) is 12.8 Å². The summed E-state index contributed by atoms with van der Waals surface area (Å²) in [6.07, 6.45) is 4.57. The Labute approximate surface area is 210 Å². The third-order valence-electron chi connectivity index (χ3n) is 4.84. The zero-order chi connectivity index (χ0) is 25.8. The van der Waals surface area contributed by atoms with Gasteiger partial charge in [0.2, 0.25) is 0 Å². The first-order chi connectivity index (χ1) is 17.5. The predicted molar refractivity (Wildman–Crippen MR) is 141 cm³/mol. The summed E-state index contributed by atoms with van der Waals surface area (Å²) in [5, 5.41) is 28.3. The SMILES string of the molecule is CCCOc1ccc(/C=N/NC(=O)c2cccc(N/N=C/c3ccc(OCCC)cc3O)c2)c(O)c1. The lowest BCUT2D eigenvalue weighted by Gasteiger charge is -2.07. The first-order valence-corrected chi connectivity index (χ1v) is 11.6. The summed E-state index contributed by atoms with van der Waals surface area (Å²) in [6.45, 7) is 5.15. The molecule has 4 N–H and O–H groups in total. The van der Waals surface area contributed by atoms with Crippen LogP contribution in [0.15, 0.2) is 70.9 Å². The van der Waals surface area contributed by atoms with Crippen molar-refractivity contribution in [3.05, 3.63) is 77.4 Å². The van der Waals surface area contributed by atoms with E-state index < -0.39 is 5.91 Å². The molecule has 0 bridgehead atoms. The molecular weight excluding hydrogens is 460 g/mol. The Balaban J connectivity index is 1.56. The molecule has 0 spiro atoms. The van der Waals surface area contributed by atoms with Crippen molar-refractivity contribution in [2.45, 2.75) is 26.7 Å². The van der Waals surface area contributed by atoms with Gasteiger partial charge in [0.15, 0.2) is 0 Å². The van der Waals surface area contributed by atoms with E-state index in [2.05, 4.69) is 21.1 Å². The van der Waals surface area contributed by atoms with Crippen LogP contribution in [0.3, 0.4) is 0 Å². The highest BCUT2D eigenvalue weighted by atomic mass is 16.5. The second-order valence-corrected chi connectivity index (χ2v) is 7.79. The second-order valence-electron chi connectivity index (χ2n) is 7.79. The van der Waals surface area contributed by atoms with E-state index in [9.17, 15) is 15.0 Å². The Morgan fingerprint density at radius 2 is 1.42 bits per heavy atom. The molecule has 0 fully saturated rings. The van der Waals surface area contributed by atoms with Crippen molar-refractivity contribution in [1.82, 2.24) is 5.43 Å². The van der Waals surface area contributed by atoms with E-state index in [1.54, 1.807) is 48.5 Å². The normalized spacial score (nSPS) is 11.1. The van der Waals surface area contributed by atoms with Crippen LogP contribution < -0.4 is 20.3 Å². The van der Waals surface area contributed by atoms with E-state index in [0.29, 0.717) is 47.1 Å². The lowest BCUT2D eigenvalue weighted by Crippen LogP contribution is -2.17.